The number of hydrogen-bond donors (Lipinski definition) is 3. The van der Waals surface area contributed by atoms with Gasteiger partial charge in [0.15, 0.2) is 0 Å². The molecule has 234 valence electrons. The van der Waals surface area contributed by atoms with Crippen molar-refractivity contribution in [2.75, 3.05) is 11.9 Å². The number of anilines is 1. The molecule has 2 fully saturated rings. The van der Waals surface area contributed by atoms with E-state index in [9.17, 15) is 32.8 Å². The van der Waals surface area contributed by atoms with Crippen LogP contribution in [0.15, 0.2) is 42.5 Å². The molecule has 2 aliphatic heterocycles. The number of carbonyl (C=O) groups is 5. The predicted molar refractivity (Wildman–Crippen MR) is 153 cm³/mol. The van der Waals surface area contributed by atoms with Crippen molar-refractivity contribution in [2.45, 2.75) is 76.0 Å². The van der Waals surface area contributed by atoms with E-state index in [1.165, 1.54) is 32.0 Å². The van der Waals surface area contributed by atoms with E-state index in [4.69, 9.17) is 21.1 Å². The van der Waals surface area contributed by atoms with Gasteiger partial charge in [0.25, 0.3) is 11.8 Å². The monoisotopic (exact) mass is 632 g/mol. The fraction of sp³-hybridized carbons (Fsp3) is 0.433. The van der Waals surface area contributed by atoms with Crippen LogP contribution >= 0.6 is 11.6 Å². The summed E-state index contributed by atoms with van der Waals surface area (Å²) >= 11 is 6.13. The molecule has 1 aliphatic carbocycles. The van der Waals surface area contributed by atoms with Crippen LogP contribution in [0.2, 0.25) is 5.02 Å². The second-order valence-corrected chi connectivity index (χ2v) is 11.6. The molecular formula is C30H31ClF2N4O7. The third kappa shape index (κ3) is 6.99. The molecule has 14 heteroatoms. The molecule has 0 aromatic heterocycles. The first-order valence-electron chi connectivity index (χ1n) is 14.1. The van der Waals surface area contributed by atoms with Crippen molar-refractivity contribution >= 4 is 46.9 Å². The van der Waals surface area contributed by atoms with Crippen molar-refractivity contribution in [3.05, 3.63) is 64.2 Å². The Kier molecular flexibility index (Phi) is 8.89. The third-order valence-corrected chi connectivity index (χ3v) is 8.06. The van der Waals surface area contributed by atoms with Gasteiger partial charge in [-0.2, -0.15) is 0 Å². The summed E-state index contributed by atoms with van der Waals surface area (Å²) in [6.45, 7) is 1.58. The molecule has 3 aliphatic rings. The number of fused-ring (bicyclic) bond motifs is 1. The lowest BCUT2D eigenvalue weighted by Gasteiger charge is -2.28. The smallest absolute Gasteiger partial charge is 0.310 e. The van der Waals surface area contributed by atoms with E-state index in [0.717, 1.165) is 16.0 Å². The summed E-state index contributed by atoms with van der Waals surface area (Å²) < 4.78 is 40.4. The summed E-state index contributed by atoms with van der Waals surface area (Å²) in [7, 11) is 0. The van der Waals surface area contributed by atoms with Crippen molar-refractivity contribution in [3.8, 4) is 0 Å². The number of nitrogens with one attached hydrogen (secondary N) is 3. The Morgan fingerprint density at radius 1 is 1.09 bits per heavy atom. The lowest BCUT2D eigenvalue weighted by molar-refractivity contribution is -0.175. The number of halogens is 3. The van der Waals surface area contributed by atoms with Crippen LogP contribution in [0.1, 0.15) is 48.2 Å². The highest BCUT2D eigenvalue weighted by Crippen LogP contribution is 2.34. The van der Waals surface area contributed by atoms with Gasteiger partial charge in [0.05, 0.1) is 29.8 Å². The molecule has 44 heavy (non-hydrogen) atoms. The molecule has 0 spiro atoms. The normalized spacial score (nSPS) is 23.1. The molecule has 2 saturated heterocycles. The molecule has 0 bridgehead atoms. The van der Waals surface area contributed by atoms with Crippen molar-refractivity contribution in [1.82, 2.24) is 15.5 Å². The maximum Gasteiger partial charge on any atom is 0.310 e. The van der Waals surface area contributed by atoms with Crippen molar-refractivity contribution in [2.24, 2.45) is 0 Å². The maximum absolute atomic E-state index is 14.6. The van der Waals surface area contributed by atoms with E-state index in [0.29, 0.717) is 12.8 Å². The second-order valence-electron chi connectivity index (χ2n) is 11.2. The lowest BCUT2D eigenvalue weighted by Crippen LogP contribution is -2.55. The minimum atomic E-state index is -3.36. The van der Waals surface area contributed by atoms with Crippen molar-refractivity contribution < 1.29 is 42.2 Å². The molecule has 2 heterocycles. The fourth-order valence-electron chi connectivity index (χ4n) is 5.68. The average Bonchev–Trinajstić information content (AvgIpc) is 3.62. The fourth-order valence-corrected chi connectivity index (χ4v) is 5.91. The predicted octanol–water partition coefficient (Wildman–Crippen LogP) is 2.59. The van der Waals surface area contributed by atoms with Crippen LogP contribution in [0.3, 0.4) is 0 Å². The summed E-state index contributed by atoms with van der Waals surface area (Å²) in [6.07, 6.45) is -1.37. The minimum absolute atomic E-state index is 0.0621. The second kappa shape index (κ2) is 12.5. The molecule has 2 aromatic carbocycles. The van der Waals surface area contributed by atoms with Gasteiger partial charge in [0.1, 0.15) is 18.1 Å². The van der Waals surface area contributed by atoms with Crippen molar-refractivity contribution in [1.29, 1.82) is 0 Å². The van der Waals surface area contributed by atoms with E-state index < -0.39 is 67.0 Å². The number of hydrogen-bond acceptors (Lipinski definition) is 7. The average molecular weight is 633 g/mol. The van der Waals surface area contributed by atoms with Gasteiger partial charge in [-0.15, -0.1) is 0 Å². The topological polar surface area (TPSA) is 143 Å². The van der Waals surface area contributed by atoms with Gasteiger partial charge in [-0.05, 0) is 49.1 Å². The van der Waals surface area contributed by atoms with Crippen LogP contribution in [0.25, 0.3) is 0 Å². The Morgan fingerprint density at radius 3 is 2.41 bits per heavy atom. The third-order valence-electron chi connectivity index (χ3n) is 7.75. The van der Waals surface area contributed by atoms with Crippen LogP contribution < -0.4 is 16.0 Å². The number of rotatable bonds is 8. The molecule has 11 nitrogen and oxygen atoms in total. The maximum atomic E-state index is 14.6. The molecule has 3 N–H and O–H groups in total. The van der Waals surface area contributed by atoms with E-state index in [2.05, 4.69) is 16.0 Å². The number of ether oxygens (including phenoxy) is 2. The van der Waals surface area contributed by atoms with Crippen LogP contribution in [-0.4, -0.2) is 77.5 Å². The summed E-state index contributed by atoms with van der Waals surface area (Å²) in [5, 5.41) is 7.61. The first kappa shape index (κ1) is 31.3. The highest BCUT2D eigenvalue weighted by molar-refractivity contribution is 6.34. The Hall–Kier alpha value is -4.10. The molecule has 0 saturated carbocycles. The standard InChI is InChI=1S/C30H31ClF2N4O7/c1-15(34-26(40)19-7-8-22(21(31)11-19)35-16(2)38)28(42)37-14-30(32,33)13-24(37)27(41)36-23-12-25(39)44-29(23)43-20-9-17-5-3-4-6-18(17)10-20/h3-8,11,15,20,23-24,29H,9-10,12-14H2,1-2H3,(H,34,40)(H,35,38)(H,36,41)/t15-,23?,24-,29?/m0/s1. The minimum Gasteiger partial charge on any atom is -0.433 e. The number of likely N-dealkylation sites (tertiary alicyclic amines) is 1. The van der Waals surface area contributed by atoms with E-state index in [1.807, 2.05) is 24.3 Å². The highest BCUT2D eigenvalue weighted by Gasteiger charge is 2.52. The summed E-state index contributed by atoms with van der Waals surface area (Å²) in [6, 6.07) is 8.08. The van der Waals surface area contributed by atoms with Crippen LogP contribution in [0.4, 0.5) is 14.5 Å². The van der Waals surface area contributed by atoms with Crippen LogP contribution in [0, 0.1) is 0 Å². The number of nitrogens with zero attached hydrogens (tertiary/aromatic N) is 1. The number of benzene rings is 2. The van der Waals surface area contributed by atoms with Gasteiger partial charge in [0.2, 0.25) is 24.0 Å². The van der Waals surface area contributed by atoms with Gasteiger partial charge in [-0.3, -0.25) is 24.0 Å². The first-order chi connectivity index (χ1) is 20.8. The Morgan fingerprint density at radius 2 is 1.77 bits per heavy atom. The zero-order valence-electron chi connectivity index (χ0n) is 23.9. The number of alkyl halides is 2. The molecular weight excluding hydrogens is 602 g/mol. The number of cyclic esters (lactones) is 1. The summed E-state index contributed by atoms with van der Waals surface area (Å²) in [4.78, 5) is 63.5. The largest absolute Gasteiger partial charge is 0.433 e. The number of carbonyl (C=O) groups excluding carboxylic acids is 5. The van der Waals surface area contributed by atoms with Crippen LogP contribution in [-0.2, 0) is 41.5 Å². The van der Waals surface area contributed by atoms with Gasteiger partial charge in [-0.1, -0.05) is 35.9 Å². The zero-order valence-corrected chi connectivity index (χ0v) is 24.7. The van der Waals surface area contributed by atoms with Gasteiger partial charge in [-0.25, -0.2) is 8.78 Å². The quantitative estimate of drug-likeness (QED) is 0.380. The molecule has 2 unspecified atom stereocenters. The van der Waals surface area contributed by atoms with E-state index in [-0.39, 0.29) is 34.7 Å². The summed E-state index contributed by atoms with van der Waals surface area (Å²) in [5.41, 5.74) is 2.56. The van der Waals surface area contributed by atoms with E-state index >= 15 is 0 Å². The lowest BCUT2D eigenvalue weighted by atomic mass is 10.1. The van der Waals surface area contributed by atoms with Crippen molar-refractivity contribution in [3.63, 3.8) is 0 Å². The SMILES string of the molecule is CC(=O)Nc1ccc(C(=O)N[C@@H](C)C(=O)N2CC(F)(F)C[C@H]2C(=O)NC2CC(=O)OC2OC2Cc3ccccc3C2)cc1Cl. The Bertz CT molecular complexity index is 1480. The zero-order chi connectivity index (χ0) is 31.8. The Balaban J connectivity index is 1.22. The first-order valence-corrected chi connectivity index (χ1v) is 14.5. The highest BCUT2D eigenvalue weighted by atomic mass is 35.5. The van der Waals surface area contributed by atoms with Gasteiger partial charge < -0.3 is 30.3 Å². The molecule has 4 atom stereocenters. The molecule has 5 rings (SSSR count). The molecule has 4 amide bonds. The van der Waals surface area contributed by atoms with Gasteiger partial charge >= 0.3 is 5.97 Å². The van der Waals surface area contributed by atoms with E-state index in [1.54, 1.807) is 0 Å². The number of amides is 4. The Labute approximate surface area is 256 Å². The van der Waals surface area contributed by atoms with Gasteiger partial charge in [0, 0.05) is 18.9 Å². The molecule has 2 aromatic rings. The van der Waals surface area contributed by atoms with Crippen LogP contribution in [0.5, 0.6) is 0 Å². The molecule has 0 radical (unpaired) electrons. The summed E-state index contributed by atoms with van der Waals surface area (Å²) in [5.74, 6) is -6.83. The number of esters is 1.